The molecule has 9 nitrogen and oxygen atoms in total. The lowest BCUT2D eigenvalue weighted by molar-refractivity contribution is -0.114. The summed E-state index contributed by atoms with van der Waals surface area (Å²) >= 11 is 0. The molecular weight excluding hydrogens is 376 g/mol. The Labute approximate surface area is 168 Å². The van der Waals surface area contributed by atoms with Crippen LogP contribution < -0.4 is 25.6 Å². The summed E-state index contributed by atoms with van der Waals surface area (Å²) in [6, 6.07) is 10.2. The number of ether oxygens (including phenoxy) is 2. The number of hydrogen-bond donors (Lipinski definition) is 4. The predicted octanol–water partition coefficient (Wildman–Crippen LogP) is 2.26. The van der Waals surface area contributed by atoms with Gasteiger partial charge in [0.25, 0.3) is 5.91 Å². The summed E-state index contributed by atoms with van der Waals surface area (Å²) in [7, 11) is 1.40. The number of carbonyl (C=O) groups excluding carboxylic acids is 2. The van der Waals surface area contributed by atoms with Crippen LogP contribution in [0.1, 0.15) is 35.8 Å². The number of hydrogen-bond acceptors (Lipinski definition) is 7. The number of rotatable bonds is 8. The van der Waals surface area contributed by atoms with E-state index in [4.69, 9.17) is 9.47 Å². The number of hydrazine groups is 1. The van der Waals surface area contributed by atoms with E-state index in [9.17, 15) is 20.0 Å². The van der Waals surface area contributed by atoms with Crippen LogP contribution in [0.15, 0.2) is 36.4 Å². The first-order valence-corrected chi connectivity index (χ1v) is 8.76. The lowest BCUT2D eigenvalue weighted by Crippen LogP contribution is -2.39. The van der Waals surface area contributed by atoms with E-state index < -0.39 is 11.9 Å². The summed E-state index contributed by atoms with van der Waals surface area (Å²) < 4.78 is 10.5. The molecule has 0 aliphatic rings. The molecule has 0 spiro atoms. The summed E-state index contributed by atoms with van der Waals surface area (Å²) in [6.07, 6.45) is 0. The summed E-state index contributed by atoms with van der Waals surface area (Å²) in [4.78, 5) is 23.8. The molecule has 2 aromatic carbocycles. The highest BCUT2D eigenvalue weighted by molar-refractivity contribution is 5.98. The molecule has 0 fully saturated rings. The lowest BCUT2D eigenvalue weighted by atomic mass is 10.1. The lowest BCUT2D eigenvalue weighted by Gasteiger charge is -2.16. The highest BCUT2D eigenvalue weighted by atomic mass is 16.5. The Morgan fingerprint density at radius 1 is 1.21 bits per heavy atom. The molecule has 0 aliphatic carbocycles. The zero-order valence-electron chi connectivity index (χ0n) is 16.3. The summed E-state index contributed by atoms with van der Waals surface area (Å²) in [6.45, 7) is 3.48. The van der Waals surface area contributed by atoms with Gasteiger partial charge in [0.05, 0.1) is 25.3 Å². The van der Waals surface area contributed by atoms with Crippen LogP contribution in [0.4, 0.5) is 5.69 Å². The number of amides is 2. The van der Waals surface area contributed by atoms with Crippen LogP contribution in [0, 0.1) is 11.3 Å². The number of carbonyl (C=O) groups is 2. The third-order valence-corrected chi connectivity index (χ3v) is 3.84. The molecule has 9 heteroatoms. The fraction of sp³-hybridized carbons (Fsp3) is 0.250. The van der Waals surface area contributed by atoms with Crippen molar-refractivity contribution in [3.63, 3.8) is 0 Å². The summed E-state index contributed by atoms with van der Waals surface area (Å²) in [5.74, 6) is -0.320. The Bertz CT molecular complexity index is 939. The number of phenols is 1. The van der Waals surface area contributed by atoms with Gasteiger partial charge in [-0.2, -0.15) is 5.26 Å². The highest BCUT2D eigenvalue weighted by Gasteiger charge is 2.17. The first-order valence-electron chi connectivity index (χ1n) is 8.76. The second-order valence-electron chi connectivity index (χ2n) is 5.92. The second-order valence-corrected chi connectivity index (χ2v) is 5.92. The van der Waals surface area contributed by atoms with E-state index in [1.54, 1.807) is 25.1 Å². The quantitative estimate of drug-likeness (QED) is 0.501. The molecule has 0 heterocycles. The molecule has 152 valence electrons. The van der Waals surface area contributed by atoms with Crippen LogP contribution >= 0.6 is 0 Å². The summed E-state index contributed by atoms with van der Waals surface area (Å²) in [5.41, 5.74) is 6.35. The first kappa shape index (κ1) is 21.5. The van der Waals surface area contributed by atoms with Gasteiger partial charge in [0.2, 0.25) is 5.91 Å². The minimum absolute atomic E-state index is 0.0578. The van der Waals surface area contributed by atoms with Gasteiger partial charge in [0.1, 0.15) is 11.8 Å². The van der Waals surface area contributed by atoms with E-state index in [2.05, 4.69) is 16.2 Å². The maximum Gasteiger partial charge on any atom is 0.269 e. The molecule has 0 bridgehead atoms. The number of benzene rings is 2. The zero-order chi connectivity index (χ0) is 21.4. The molecule has 4 N–H and O–H groups in total. The molecule has 2 rings (SSSR count). The van der Waals surface area contributed by atoms with Crippen LogP contribution in [0.5, 0.6) is 17.2 Å². The summed E-state index contributed by atoms with van der Waals surface area (Å²) in [5, 5.41) is 21.7. The largest absolute Gasteiger partial charge is 0.504 e. The minimum Gasteiger partial charge on any atom is -0.504 e. The maximum absolute atomic E-state index is 12.6. The van der Waals surface area contributed by atoms with Crippen molar-refractivity contribution in [1.29, 1.82) is 5.26 Å². The molecule has 1 unspecified atom stereocenters. The van der Waals surface area contributed by atoms with Crippen LogP contribution in [-0.4, -0.2) is 30.6 Å². The fourth-order valence-electron chi connectivity index (χ4n) is 2.53. The Morgan fingerprint density at radius 2 is 1.97 bits per heavy atom. The average molecular weight is 398 g/mol. The number of nitrogens with zero attached hydrogens (tertiary/aromatic N) is 1. The van der Waals surface area contributed by atoms with Gasteiger partial charge in [-0.3, -0.25) is 15.0 Å². The van der Waals surface area contributed by atoms with Crippen molar-refractivity contribution in [2.24, 2.45) is 0 Å². The molecule has 1 atom stereocenters. The minimum atomic E-state index is -0.886. The van der Waals surface area contributed by atoms with E-state index >= 15 is 0 Å². The highest BCUT2D eigenvalue weighted by Crippen LogP contribution is 2.29. The van der Waals surface area contributed by atoms with Crippen molar-refractivity contribution >= 4 is 17.5 Å². The van der Waals surface area contributed by atoms with Gasteiger partial charge in [-0.25, -0.2) is 5.43 Å². The van der Waals surface area contributed by atoms with Crippen LogP contribution in [0.3, 0.4) is 0 Å². The first-order chi connectivity index (χ1) is 13.9. The number of nitriles is 1. The van der Waals surface area contributed by atoms with E-state index in [1.165, 1.54) is 32.2 Å². The number of methoxy groups -OCH3 is 1. The number of nitrogens with one attached hydrogen (secondary N) is 3. The van der Waals surface area contributed by atoms with Crippen molar-refractivity contribution in [2.75, 3.05) is 19.0 Å². The van der Waals surface area contributed by atoms with Gasteiger partial charge in [0.15, 0.2) is 11.5 Å². The Morgan fingerprint density at radius 3 is 2.59 bits per heavy atom. The fourth-order valence-corrected chi connectivity index (χ4v) is 2.53. The molecule has 0 aliphatic heterocycles. The van der Waals surface area contributed by atoms with E-state index in [1.807, 2.05) is 6.07 Å². The molecule has 0 saturated heterocycles. The van der Waals surface area contributed by atoms with Gasteiger partial charge >= 0.3 is 0 Å². The smallest absolute Gasteiger partial charge is 0.269 e. The van der Waals surface area contributed by atoms with Crippen molar-refractivity contribution in [3.05, 3.63) is 47.5 Å². The Kier molecular flexibility index (Phi) is 7.40. The molecule has 0 aromatic heterocycles. The topological polar surface area (TPSA) is 133 Å². The average Bonchev–Trinajstić information content (AvgIpc) is 2.69. The Balaban J connectivity index is 2.16. The van der Waals surface area contributed by atoms with Gasteiger partial charge in [-0.1, -0.05) is 6.07 Å². The van der Waals surface area contributed by atoms with Crippen molar-refractivity contribution < 1.29 is 24.2 Å². The maximum atomic E-state index is 12.6. The van der Waals surface area contributed by atoms with Crippen molar-refractivity contribution in [2.45, 2.75) is 19.9 Å². The van der Waals surface area contributed by atoms with Gasteiger partial charge in [0, 0.05) is 18.7 Å². The van der Waals surface area contributed by atoms with Gasteiger partial charge in [-0.15, -0.1) is 0 Å². The molecule has 0 saturated carbocycles. The molecule has 29 heavy (non-hydrogen) atoms. The third-order valence-electron chi connectivity index (χ3n) is 3.84. The standard InChI is InChI=1S/C20H22N4O5/c1-4-29-18-10-14(22-12(2)25)6-7-15(18)20(27)24-23-16(11-21)13-5-8-17(26)19(9-13)28-3/h5-10,16,23,26H,4H2,1-3H3,(H,22,25)(H,24,27). The van der Waals surface area contributed by atoms with Crippen LogP contribution in [-0.2, 0) is 4.79 Å². The number of anilines is 1. The van der Waals surface area contributed by atoms with E-state index in [-0.39, 0.29) is 28.7 Å². The monoisotopic (exact) mass is 398 g/mol. The number of aromatic hydroxyl groups is 1. The van der Waals surface area contributed by atoms with E-state index in [0.717, 1.165) is 0 Å². The van der Waals surface area contributed by atoms with Crippen molar-refractivity contribution in [3.8, 4) is 23.3 Å². The molecule has 2 aromatic rings. The van der Waals surface area contributed by atoms with Gasteiger partial charge in [-0.05, 0) is 36.8 Å². The number of phenolic OH excluding ortho intramolecular Hbond substituents is 1. The SMILES string of the molecule is CCOc1cc(NC(C)=O)ccc1C(=O)NNC(C#N)c1ccc(O)c(OC)c1. The van der Waals surface area contributed by atoms with E-state index in [0.29, 0.717) is 17.9 Å². The third kappa shape index (κ3) is 5.60. The normalized spacial score (nSPS) is 11.1. The van der Waals surface area contributed by atoms with Gasteiger partial charge < -0.3 is 19.9 Å². The van der Waals surface area contributed by atoms with Crippen LogP contribution in [0.2, 0.25) is 0 Å². The Hall–Kier alpha value is -3.77. The zero-order valence-corrected chi connectivity index (χ0v) is 16.3. The second kappa shape index (κ2) is 9.96. The predicted molar refractivity (Wildman–Crippen MR) is 106 cm³/mol. The molecule has 0 radical (unpaired) electrons. The van der Waals surface area contributed by atoms with Crippen molar-refractivity contribution in [1.82, 2.24) is 10.9 Å². The molecular formula is C20H22N4O5. The molecule has 2 amide bonds. The van der Waals surface area contributed by atoms with Crippen LogP contribution in [0.25, 0.3) is 0 Å².